The Balaban J connectivity index is 1.63. The molecule has 0 fully saturated rings. The van der Waals surface area contributed by atoms with Gasteiger partial charge in [0.15, 0.2) is 12.4 Å². The lowest BCUT2D eigenvalue weighted by Gasteiger charge is -2.08. The molecule has 3 rings (SSSR count). The highest BCUT2D eigenvalue weighted by Gasteiger charge is 2.11. The third-order valence-electron chi connectivity index (χ3n) is 3.66. The van der Waals surface area contributed by atoms with Crippen molar-refractivity contribution in [1.29, 1.82) is 0 Å². The van der Waals surface area contributed by atoms with Crippen molar-refractivity contribution in [3.8, 4) is 5.75 Å². The van der Waals surface area contributed by atoms with Gasteiger partial charge in [0.2, 0.25) is 0 Å². The molecule has 128 valence electrons. The van der Waals surface area contributed by atoms with E-state index < -0.39 is 0 Å². The number of ether oxygens (including phenoxy) is 1. The molecule has 0 bridgehead atoms. The Morgan fingerprint density at radius 3 is 2.80 bits per heavy atom. The van der Waals surface area contributed by atoms with Crippen LogP contribution in [0.15, 0.2) is 54.7 Å². The molecular weight excluding hydrogens is 338 g/mol. The third kappa shape index (κ3) is 4.39. The SMILES string of the molecule is Cc1ccc(NC(=O)c2ccn(COc3cccc(Cl)c3)n2)c(C)c1. The molecule has 0 spiro atoms. The first-order valence-corrected chi connectivity index (χ1v) is 8.19. The van der Waals surface area contributed by atoms with Crippen molar-refractivity contribution in [2.24, 2.45) is 0 Å². The zero-order valence-electron chi connectivity index (χ0n) is 14.0. The molecule has 6 heteroatoms. The maximum Gasteiger partial charge on any atom is 0.276 e. The quantitative estimate of drug-likeness (QED) is 0.736. The van der Waals surface area contributed by atoms with E-state index in [1.807, 2.05) is 44.2 Å². The summed E-state index contributed by atoms with van der Waals surface area (Å²) in [6, 6.07) is 14.6. The van der Waals surface area contributed by atoms with Crippen LogP contribution in [0.4, 0.5) is 5.69 Å². The van der Waals surface area contributed by atoms with Crippen LogP contribution in [0.3, 0.4) is 0 Å². The van der Waals surface area contributed by atoms with Crippen LogP contribution in [0.5, 0.6) is 5.75 Å². The van der Waals surface area contributed by atoms with Gasteiger partial charge in [0, 0.05) is 16.9 Å². The van der Waals surface area contributed by atoms with E-state index >= 15 is 0 Å². The van der Waals surface area contributed by atoms with Crippen molar-refractivity contribution in [3.63, 3.8) is 0 Å². The predicted octanol–water partition coefficient (Wildman–Crippen LogP) is 4.44. The molecule has 5 nitrogen and oxygen atoms in total. The maximum absolute atomic E-state index is 12.3. The number of hydrogen-bond donors (Lipinski definition) is 1. The van der Waals surface area contributed by atoms with Gasteiger partial charge in [-0.25, -0.2) is 4.68 Å². The Labute approximate surface area is 151 Å². The minimum atomic E-state index is -0.256. The minimum Gasteiger partial charge on any atom is -0.471 e. The largest absolute Gasteiger partial charge is 0.471 e. The smallest absolute Gasteiger partial charge is 0.276 e. The topological polar surface area (TPSA) is 56.2 Å². The molecule has 0 aliphatic carbocycles. The van der Waals surface area contributed by atoms with Gasteiger partial charge < -0.3 is 10.1 Å². The summed E-state index contributed by atoms with van der Waals surface area (Å²) in [5.41, 5.74) is 3.27. The maximum atomic E-state index is 12.3. The number of amides is 1. The third-order valence-corrected chi connectivity index (χ3v) is 3.90. The molecule has 0 aliphatic heterocycles. The van der Waals surface area contributed by atoms with Crippen LogP contribution < -0.4 is 10.1 Å². The van der Waals surface area contributed by atoms with Crippen molar-refractivity contribution in [2.45, 2.75) is 20.6 Å². The van der Waals surface area contributed by atoms with Gasteiger partial charge in [-0.3, -0.25) is 4.79 Å². The normalized spacial score (nSPS) is 10.5. The molecule has 0 unspecified atom stereocenters. The number of rotatable bonds is 5. The van der Waals surface area contributed by atoms with Gasteiger partial charge in [0.05, 0.1) is 0 Å². The van der Waals surface area contributed by atoms with Gasteiger partial charge in [-0.2, -0.15) is 5.10 Å². The summed E-state index contributed by atoms with van der Waals surface area (Å²) >= 11 is 5.92. The number of anilines is 1. The molecular formula is C19H18ClN3O2. The number of benzene rings is 2. The van der Waals surface area contributed by atoms with Crippen molar-refractivity contribution in [3.05, 3.63) is 76.6 Å². The van der Waals surface area contributed by atoms with E-state index in [0.717, 1.165) is 16.8 Å². The molecule has 0 saturated heterocycles. The first-order chi connectivity index (χ1) is 12.0. The van der Waals surface area contributed by atoms with E-state index in [1.165, 1.54) is 0 Å². The second kappa shape index (κ2) is 7.40. The van der Waals surface area contributed by atoms with Gasteiger partial charge in [0.1, 0.15) is 5.75 Å². The van der Waals surface area contributed by atoms with E-state index in [-0.39, 0.29) is 12.6 Å². The Hall–Kier alpha value is -2.79. The summed E-state index contributed by atoms with van der Waals surface area (Å²) in [5.74, 6) is 0.387. The number of aryl methyl sites for hydroxylation is 2. The van der Waals surface area contributed by atoms with Crippen LogP contribution in [0, 0.1) is 13.8 Å². The van der Waals surface area contributed by atoms with Gasteiger partial charge in [-0.1, -0.05) is 35.4 Å². The van der Waals surface area contributed by atoms with Crippen LogP contribution in [-0.4, -0.2) is 15.7 Å². The summed E-state index contributed by atoms with van der Waals surface area (Å²) in [5, 5.41) is 7.72. The molecule has 0 aliphatic rings. The average molecular weight is 356 g/mol. The summed E-state index contributed by atoms with van der Waals surface area (Å²) in [6.45, 7) is 4.16. The molecule has 3 aromatic rings. The van der Waals surface area contributed by atoms with Crippen LogP contribution in [0.1, 0.15) is 21.6 Å². The van der Waals surface area contributed by atoms with Crippen molar-refractivity contribution in [1.82, 2.24) is 9.78 Å². The molecule has 25 heavy (non-hydrogen) atoms. The summed E-state index contributed by atoms with van der Waals surface area (Å²) < 4.78 is 7.15. The van der Waals surface area contributed by atoms with Crippen LogP contribution in [0.2, 0.25) is 5.02 Å². The standard InChI is InChI=1S/C19H18ClN3O2/c1-13-6-7-17(14(2)10-13)21-19(24)18-8-9-23(22-18)12-25-16-5-3-4-15(20)11-16/h3-11H,12H2,1-2H3,(H,21,24). The fraction of sp³-hybridized carbons (Fsp3) is 0.158. The monoisotopic (exact) mass is 355 g/mol. The molecule has 0 atom stereocenters. The lowest BCUT2D eigenvalue weighted by Crippen LogP contribution is -2.15. The van der Waals surface area contributed by atoms with Crippen molar-refractivity contribution >= 4 is 23.2 Å². The van der Waals surface area contributed by atoms with E-state index in [9.17, 15) is 4.79 Å². The van der Waals surface area contributed by atoms with Gasteiger partial charge in [-0.05, 0) is 49.7 Å². The number of halogens is 1. The lowest BCUT2D eigenvalue weighted by molar-refractivity contribution is 0.102. The summed E-state index contributed by atoms with van der Waals surface area (Å²) in [7, 11) is 0. The zero-order valence-corrected chi connectivity index (χ0v) is 14.7. The highest BCUT2D eigenvalue weighted by atomic mass is 35.5. The second-order valence-corrected chi connectivity index (χ2v) is 6.18. The molecule has 1 aromatic heterocycles. The number of hydrogen-bond acceptors (Lipinski definition) is 3. The predicted molar refractivity (Wildman–Crippen MR) is 98.2 cm³/mol. The Bertz CT molecular complexity index is 905. The molecule has 1 heterocycles. The number of nitrogens with one attached hydrogen (secondary N) is 1. The molecule has 2 aromatic carbocycles. The first-order valence-electron chi connectivity index (χ1n) is 7.82. The van der Waals surface area contributed by atoms with Gasteiger partial charge >= 0.3 is 0 Å². The molecule has 0 saturated carbocycles. The van der Waals surface area contributed by atoms with Crippen LogP contribution in [0.25, 0.3) is 0 Å². The number of carbonyl (C=O) groups excluding carboxylic acids is 1. The summed E-state index contributed by atoms with van der Waals surface area (Å²) in [6.07, 6.45) is 1.70. The fourth-order valence-corrected chi connectivity index (χ4v) is 2.57. The number of aromatic nitrogens is 2. The average Bonchev–Trinajstić information content (AvgIpc) is 3.05. The Morgan fingerprint density at radius 1 is 1.20 bits per heavy atom. The molecule has 1 amide bonds. The Kier molecular flexibility index (Phi) is 5.05. The van der Waals surface area contributed by atoms with Crippen LogP contribution in [-0.2, 0) is 6.73 Å². The highest BCUT2D eigenvalue weighted by Crippen LogP contribution is 2.18. The lowest BCUT2D eigenvalue weighted by atomic mass is 10.1. The van der Waals surface area contributed by atoms with E-state index in [1.54, 1.807) is 29.1 Å². The molecule has 1 N–H and O–H groups in total. The van der Waals surface area contributed by atoms with E-state index in [0.29, 0.717) is 16.5 Å². The number of carbonyl (C=O) groups is 1. The molecule has 0 radical (unpaired) electrons. The zero-order chi connectivity index (χ0) is 17.8. The van der Waals surface area contributed by atoms with E-state index in [2.05, 4.69) is 10.4 Å². The number of nitrogens with zero attached hydrogens (tertiary/aromatic N) is 2. The van der Waals surface area contributed by atoms with Gasteiger partial charge in [0.25, 0.3) is 5.91 Å². The van der Waals surface area contributed by atoms with Crippen molar-refractivity contribution < 1.29 is 9.53 Å². The highest BCUT2D eigenvalue weighted by molar-refractivity contribution is 6.30. The van der Waals surface area contributed by atoms with Crippen LogP contribution >= 0.6 is 11.6 Å². The van der Waals surface area contributed by atoms with E-state index in [4.69, 9.17) is 16.3 Å². The minimum absolute atomic E-state index is 0.192. The van der Waals surface area contributed by atoms with Gasteiger partial charge in [-0.15, -0.1) is 0 Å². The Morgan fingerprint density at radius 2 is 2.04 bits per heavy atom. The summed E-state index contributed by atoms with van der Waals surface area (Å²) in [4.78, 5) is 12.3. The second-order valence-electron chi connectivity index (χ2n) is 5.74. The first kappa shape index (κ1) is 17.0. The fourth-order valence-electron chi connectivity index (χ4n) is 2.39. The van der Waals surface area contributed by atoms with Crippen molar-refractivity contribution in [2.75, 3.05) is 5.32 Å².